The Balaban J connectivity index is 1.75. The molecule has 2 aromatic carbocycles. The van der Waals surface area contributed by atoms with Crippen LogP contribution in [0, 0.1) is 36.5 Å². The first kappa shape index (κ1) is 27.5. The summed E-state index contributed by atoms with van der Waals surface area (Å²) in [6.45, 7) is 4.25. The number of hydrogen-bond acceptors (Lipinski definition) is 4. The number of benzene rings is 2. The minimum Gasteiger partial charge on any atom is -0.325 e. The highest BCUT2D eigenvalue weighted by atomic mass is 19.4. The lowest BCUT2D eigenvalue weighted by Crippen LogP contribution is -2.50. The Labute approximate surface area is 217 Å². The standard InChI is InChI=1S/C27H27F5N4O2/c1-16-5-4-6-17(2)22(16)36-14-25(18(3)23(36)37,13-35-8-7-26(28,29)15-35)24(38)34-21-10-19(12-33)9-20(11-21)27(30,31)32/h4-6,9-11,18H,7-8,13-15H2,1-3H3,(H,34,38)/t18-,25-/m1/s1. The van der Waals surface area contributed by atoms with Gasteiger partial charge in [0.05, 0.1) is 35.1 Å². The molecule has 2 fully saturated rings. The Hall–Kier alpha value is -3.52. The topological polar surface area (TPSA) is 76.4 Å². The third-order valence-electron chi connectivity index (χ3n) is 7.47. The SMILES string of the molecule is Cc1cccc(C)c1N1C[C@@](CN2CCC(F)(F)C2)(C(=O)Nc2cc(C#N)cc(C(F)(F)F)c2)[C@H](C)C1=O. The first-order valence-corrected chi connectivity index (χ1v) is 12.1. The van der Waals surface area contributed by atoms with Crippen molar-refractivity contribution in [3.05, 3.63) is 58.7 Å². The van der Waals surface area contributed by atoms with Gasteiger partial charge in [0, 0.05) is 37.4 Å². The van der Waals surface area contributed by atoms with E-state index < -0.39 is 47.9 Å². The number of carbonyl (C=O) groups is 2. The quantitative estimate of drug-likeness (QED) is 0.539. The Morgan fingerprint density at radius 1 is 1.16 bits per heavy atom. The summed E-state index contributed by atoms with van der Waals surface area (Å²) >= 11 is 0. The van der Waals surface area contributed by atoms with Crippen molar-refractivity contribution in [2.45, 2.75) is 39.3 Å². The van der Waals surface area contributed by atoms with E-state index in [0.29, 0.717) is 17.8 Å². The van der Waals surface area contributed by atoms with Gasteiger partial charge >= 0.3 is 6.18 Å². The van der Waals surface area contributed by atoms with Crippen LogP contribution in [0.1, 0.15) is 35.6 Å². The van der Waals surface area contributed by atoms with Crippen LogP contribution in [0.25, 0.3) is 0 Å². The van der Waals surface area contributed by atoms with Gasteiger partial charge in [0.1, 0.15) is 0 Å². The number of hydrogen-bond donors (Lipinski definition) is 1. The second-order valence-corrected chi connectivity index (χ2v) is 10.2. The third-order valence-corrected chi connectivity index (χ3v) is 7.47. The Bertz CT molecular complexity index is 1300. The molecule has 11 heteroatoms. The molecule has 0 unspecified atom stereocenters. The molecule has 0 bridgehead atoms. The van der Waals surface area contributed by atoms with Crippen LogP contribution in [-0.2, 0) is 15.8 Å². The van der Waals surface area contributed by atoms with Crippen LogP contribution in [0.2, 0.25) is 0 Å². The summed E-state index contributed by atoms with van der Waals surface area (Å²) in [5, 5.41) is 11.7. The molecule has 6 nitrogen and oxygen atoms in total. The van der Waals surface area contributed by atoms with E-state index in [-0.39, 0.29) is 36.8 Å². The molecule has 2 atom stereocenters. The van der Waals surface area contributed by atoms with E-state index >= 15 is 0 Å². The summed E-state index contributed by atoms with van der Waals surface area (Å²) in [6.07, 6.45) is -5.16. The number of nitriles is 1. The first-order chi connectivity index (χ1) is 17.7. The smallest absolute Gasteiger partial charge is 0.325 e. The highest BCUT2D eigenvalue weighted by Crippen LogP contribution is 2.44. The number of para-hydroxylation sites is 1. The van der Waals surface area contributed by atoms with E-state index in [4.69, 9.17) is 0 Å². The van der Waals surface area contributed by atoms with Gasteiger partial charge in [-0.2, -0.15) is 18.4 Å². The van der Waals surface area contributed by atoms with Crippen LogP contribution in [0.4, 0.5) is 33.3 Å². The van der Waals surface area contributed by atoms with Gasteiger partial charge in [0.15, 0.2) is 0 Å². The summed E-state index contributed by atoms with van der Waals surface area (Å²) in [4.78, 5) is 30.3. The number of rotatable bonds is 5. The monoisotopic (exact) mass is 534 g/mol. The number of carbonyl (C=O) groups excluding carboxylic acids is 2. The largest absolute Gasteiger partial charge is 0.416 e. The van der Waals surface area contributed by atoms with Gasteiger partial charge in [-0.3, -0.25) is 14.5 Å². The molecule has 2 aromatic rings. The molecule has 38 heavy (non-hydrogen) atoms. The van der Waals surface area contributed by atoms with Crippen molar-refractivity contribution in [1.82, 2.24) is 4.90 Å². The molecule has 0 spiro atoms. The van der Waals surface area contributed by atoms with Gasteiger partial charge in [0.2, 0.25) is 11.8 Å². The Morgan fingerprint density at radius 3 is 2.37 bits per heavy atom. The maximum Gasteiger partial charge on any atom is 0.416 e. The number of alkyl halides is 5. The van der Waals surface area contributed by atoms with Crippen molar-refractivity contribution in [3.63, 3.8) is 0 Å². The normalized spacial score (nSPS) is 23.5. The van der Waals surface area contributed by atoms with Gasteiger partial charge < -0.3 is 10.2 Å². The second kappa shape index (κ2) is 9.66. The van der Waals surface area contributed by atoms with Crippen LogP contribution >= 0.6 is 0 Å². The molecule has 2 heterocycles. The molecule has 1 N–H and O–H groups in total. The summed E-state index contributed by atoms with van der Waals surface area (Å²) in [5.74, 6) is -5.06. The van der Waals surface area contributed by atoms with E-state index in [1.54, 1.807) is 6.07 Å². The fourth-order valence-electron chi connectivity index (χ4n) is 5.44. The maximum atomic E-state index is 14.0. The highest BCUT2D eigenvalue weighted by molar-refractivity contribution is 6.08. The van der Waals surface area contributed by atoms with E-state index in [0.717, 1.165) is 17.2 Å². The molecular weight excluding hydrogens is 507 g/mol. The fourth-order valence-corrected chi connectivity index (χ4v) is 5.44. The zero-order valence-electron chi connectivity index (χ0n) is 21.1. The van der Waals surface area contributed by atoms with Gasteiger partial charge in [-0.1, -0.05) is 25.1 Å². The maximum absolute atomic E-state index is 14.0. The predicted molar refractivity (Wildman–Crippen MR) is 131 cm³/mol. The average molecular weight is 535 g/mol. The van der Waals surface area contributed by atoms with E-state index in [1.165, 1.54) is 16.7 Å². The molecule has 2 saturated heterocycles. The number of likely N-dealkylation sites (tertiary alicyclic amines) is 1. The average Bonchev–Trinajstić information content (AvgIpc) is 3.29. The second-order valence-electron chi connectivity index (χ2n) is 10.2. The molecule has 0 saturated carbocycles. The summed E-state index contributed by atoms with van der Waals surface area (Å²) in [5.41, 5.74) is -1.07. The van der Waals surface area contributed by atoms with Gasteiger partial charge in [-0.15, -0.1) is 0 Å². The minimum absolute atomic E-state index is 0.00841. The van der Waals surface area contributed by atoms with E-state index in [9.17, 15) is 36.8 Å². The van der Waals surface area contributed by atoms with E-state index in [1.807, 2.05) is 32.0 Å². The van der Waals surface area contributed by atoms with Crippen molar-refractivity contribution in [2.75, 3.05) is 36.4 Å². The summed E-state index contributed by atoms with van der Waals surface area (Å²) in [6, 6.07) is 9.59. The molecule has 2 aliphatic rings. The van der Waals surface area contributed by atoms with Crippen molar-refractivity contribution >= 4 is 23.2 Å². The van der Waals surface area contributed by atoms with Crippen molar-refractivity contribution in [2.24, 2.45) is 11.3 Å². The number of nitrogens with zero attached hydrogens (tertiary/aromatic N) is 3. The minimum atomic E-state index is -4.76. The number of halogens is 5. The molecule has 0 radical (unpaired) electrons. The molecule has 0 aliphatic carbocycles. The van der Waals surface area contributed by atoms with Crippen LogP contribution in [-0.4, -0.2) is 48.8 Å². The highest BCUT2D eigenvalue weighted by Gasteiger charge is 2.57. The number of amides is 2. The molecule has 4 rings (SSSR count). The van der Waals surface area contributed by atoms with E-state index in [2.05, 4.69) is 5.32 Å². The van der Waals surface area contributed by atoms with Gasteiger partial charge in [-0.25, -0.2) is 8.78 Å². The molecular formula is C27H27F5N4O2. The lowest BCUT2D eigenvalue weighted by Gasteiger charge is -2.34. The molecule has 2 amide bonds. The molecule has 2 aliphatic heterocycles. The van der Waals surface area contributed by atoms with Gasteiger partial charge in [-0.05, 0) is 43.2 Å². The van der Waals surface area contributed by atoms with Crippen molar-refractivity contribution < 1.29 is 31.5 Å². The lowest BCUT2D eigenvalue weighted by molar-refractivity contribution is -0.137. The number of aryl methyl sites for hydroxylation is 2. The summed E-state index contributed by atoms with van der Waals surface area (Å²) < 4.78 is 68.3. The fraction of sp³-hybridized carbons (Fsp3) is 0.444. The van der Waals surface area contributed by atoms with Crippen LogP contribution in [0.3, 0.4) is 0 Å². The van der Waals surface area contributed by atoms with Crippen LogP contribution in [0.5, 0.6) is 0 Å². The Morgan fingerprint density at radius 2 is 1.82 bits per heavy atom. The van der Waals surface area contributed by atoms with Crippen molar-refractivity contribution in [3.8, 4) is 6.07 Å². The number of anilines is 2. The summed E-state index contributed by atoms with van der Waals surface area (Å²) in [7, 11) is 0. The van der Waals surface area contributed by atoms with Gasteiger partial charge in [0.25, 0.3) is 5.92 Å². The predicted octanol–water partition coefficient (Wildman–Crippen LogP) is 5.14. The van der Waals surface area contributed by atoms with Crippen molar-refractivity contribution in [1.29, 1.82) is 5.26 Å². The number of nitrogens with one attached hydrogen (secondary N) is 1. The molecule has 202 valence electrons. The lowest BCUT2D eigenvalue weighted by atomic mass is 9.77. The first-order valence-electron chi connectivity index (χ1n) is 12.1. The van der Waals surface area contributed by atoms with Crippen LogP contribution in [0.15, 0.2) is 36.4 Å². The third kappa shape index (κ3) is 5.10. The zero-order chi connectivity index (χ0) is 28.0. The van der Waals surface area contributed by atoms with Crippen LogP contribution < -0.4 is 10.2 Å². The Kier molecular flexibility index (Phi) is 6.99. The zero-order valence-corrected chi connectivity index (χ0v) is 21.1. The molecule has 0 aromatic heterocycles.